The number of nitro benzene ring substituents is 1. The number of hydrogen-bond acceptors (Lipinski definition) is 10. The molecule has 3 aliphatic rings. The van der Waals surface area contributed by atoms with Crippen molar-refractivity contribution in [2.45, 2.75) is 19.9 Å². The number of carbonyl (C=O) groups excluding carboxylic acids is 1. The highest BCUT2D eigenvalue weighted by molar-refractivity contribution is 8.16. The molecule has 7 rings (SSSR count). The van der Waals surface area contributed by atoms with Gasteiger partial charge < -0.3 is 4.90 Å². The molecule has 4 aromatic rings. The molecule has 0 spiro atoms. The number of anilines is 1. The van der Waals surface area contributed by atoms with Crippen LogP contribution in [0.4, 0.5) is 17.2 Å². The Kier molecular flexibility index (Phi) is 7.34. The number of aryl methyl sites for hydroxylation is 1. The molecule has 0 aliphatic carbocycles. The number of rotatable bonds is 6. The molecular formula is C32H23ClN8O4S. The van der Waals surface area contributed by atoms with Crippen LogP contribution in [-0.2, 0) is 4.79 Å². The predicted molar refractivity (Wildman–Crippen MR) is 178 cm³/mol. The molecule has 14 heteroatoms. The highest BCUT2D eigenvalue weighted by atomic mass is 35.5. The van der Waals surface area contributed by atoms with Crippen LogP contribution < -0.4 is 10.6 Å². The predicted octanol–water partition coefficient (Wildman–Crippen LogP) is 6.02. The van der Waals surface area contributed by atoms with Crippen molar-refractivity contribution in [2.75, 3.05) is 5.01 Å². The number of aromatic nitrogens is 2. The third-order valence-electron chi connectivity index (χ3n) is 7.78. The van der Waals surface area contributed by atoms with E-state index < -0.39 is 22.4 Å². The minimum atomic E-state index is -0.714. The fourth-order valence-corrected chi connectivity index (χ4v) is 6.67. The zero-order valence-electron chi connectivity index (χ0n) is 24.3. The largest absolute Gasteiger partial charge is 0.311 e. The van der Waals surface area contributed by atoms with E-state index in [-0.39, 0.29) is 23.0 Å². The Morgan fingerprint density at radius 2 is 1.72 bits per heavy atom. The number of carbonyl (C=O) groups is 1. The van der Waals surface area contributed by atoms with Crippen LogP contribution in [0.15, 0.2) is 110 Å². The van der Waals surface area contributed by atoms with Crippen LogP contribution >= 0.6 is 23.4 Å². The van der Waals surface area contributed by atoms with E-state index in [1.54, 1.807) is 31.2 Å². The number of hydrogen-bond donors (Lipinski definition) is 0. The van der Waals surface area contributed by atoms with Gasteiger partial charge in [0.2, 0.25) is 0 Å². The zero-order chi connectivity index (χ0) is 32.1. The summed E-state index contributed by atoms with van der Waals surface area (Å²) in [5, 5.41) is 24.4. The van der Waals surface area contributed by atoms with Crippen molar-refractivity contribution < 1.29 is 9.72 Å². The standard InChI is InChI=1S/C32H23ClN8O4S/c1-18-26(30(42)40(37-18)23-6-4-3-5-7-23)25-17-46-32-36-29-27(28(38(25)32)21-10-12-22(33)13-11-21)31(43)39(19(2)35-29)34-16-20-8-14-24(15-9-20)41(44)45/h3-17,26,28H,1-2H3/b34-16+. The number of benzene rings is 3. The van der Waals surface area contributed by atoms with Crippen molar-refractivity contribution >= 4 is 63.6 Å². The summed E-state index contributed by atoms with van der Waals surface area (Å²) in [6.07, 6.45) is 1.44. The van der Waals surface area contributed by atoms with Gasteiger partial charge in [-0.05, 0) is 66.8 Å². The van der Waals surface area contributed by atoms with Crippen LogP contribution in [0, 0.1) is 23.0 Å². The Morgan fingerprint density at radius 1 is 1.00 bits per heavy atom. The smallest absolute Gasteiger partial charge is 0.282 e. The van der Waals surface area contributed by atoms with E-state index in [0.29, 0.717) is 38.7 Å². The summed E-state index contributed by atoms with van der Waals surface area (Å²) in [6.45, 7) is 3.46. The molecular weight excluding hydrogens is 628 g/mol. The Labute approximate surface area is 271 Å². The lowest BCUT2D eigenvalue weighted by atomic mass is 9.93. The first kappa shape index (κ1) is 29.3. The van der Waals surface area contributed by atoms with E-state index in [1.165, 1.54) is 39.8 Å². The minimum Gasteiger partial charge on any atom is -0.311 e. The van der Waals surface area contributed by atoms with Gasteiger partial charge in [-0.2, -0.15) is 19.9 Å². The van der Waals surface area contributed by atoms with Crippen LogP contribution in [0.5, 0.6) is 0 Å². The molecule has 228 valence electrons. The molecule has 1 amide bonds. The van der Waals surface area contributed by atoms with Crippen molar-refractivity contribution in [1.82, 2.24) is 14.6 Å². The lowest BCUT2D eigenvalue weighted by molar-refractivity contribution is -0.384. The number of aliphatic imine (C=N–C) groups is 1. The third-order valence-corrected chi connectivity index (χ3v) is 8.89. The first-order valence-corrected chi connectivity index (χ1v) is 15.3. The lowest BCUT2D eigenvalue weighted by Gasteiger charge is -2.36. The summed E-state index contributed by atoms with van der Waals surface area (Å²) >= 11 is 7.61. The lowest BCUT2D eigenvalue weighted by Crippen LogP contribution is -2.42. The summed E-state index contributed by atoms with van der Waals surface area (Å²) in [4.78, 5) is 50.1. The molecule has 0 saturated carbocycles. The molecule has 0 radical (unpaired) electrons. The average molecular weight is 651 g/mol. The van der Waals surface area contributed by atoms with Gasteiger partial charge in [-0.25, -0.2) is 9.98 Å². The average Bonchev–Trinajstić information content (AvgIpc) is 3.59. The van der Waals surface area contributed by atoms with E-state index in [1.807, 2.05) is 59.7 Å². The van der Waals surface area contributed by atoms with Gasteiger partial charge in [-0.3, -0.25) is 19.7 Å². The van der Waals surface area contributed by atoms with Crippen molar-refractivity contribution in [3.05, 3.63) is 138 Å². The van der Waals surface area contributed by atoms with Crippen LogP contribution in [0.2, 0.25) is 5.02 Å². The number of amides is 1. The third kappa shape index (κ3) is 4.99. The maximum Gasteiger partial charge on any atom is 0.282 e. The number of halogens is 1. The molecule has 1 aromatic heterocycles. The Morgan fingerprint density at radius 3 is 2.41 bits per heavy atom. The van der Waals surface area contributed by atoms with Gasteiger partial charge in [0.1, 0.15) is 11.7 Å². The van der Waals surface area contributed by atoms with Crippen LogP contribution in [0.3, 0.4) is 0 Å². The second-order valence-electron chi connectivity index (χ2n) is 10.6. The SMILES string of the molecule is CC1=NN(c2ccccc2)C(=O)C1C1=CSC2=Nc3nc(C)n(/N=C/c4ccc([N+](=O)[O-])cc4)c(=O)c3C(c3ccc(Cl)cc3)N12. The number of amidine groups is 1. The molecule has 0 N–H and O–H groups in total. The molecule has 2 unspecified atom stereocenters. The number of hydrazone groups is 1. The van der Waals surface area contributed by atoms with E-state index in [4.69, 9.17) is 16.6 Å². The number of thioether (sulfide) groups is 1. The molecule has 0 bridgehead atoms. The molecule has 4 heterocycles. The highest BCUT2D eigenvalue weighted by Crippen LogP contribution is 2.47. The monoisotopic (exact) mass is 650 g/mol. The fraction of sp³-hybridized carbons (Fsp3) is 0.125. The summed E-state index contributed by atoms with van der Waals surface area (Å²) < 4.78 is 1.18. The van der Waals surface area contributed by atoms with Gasteiger partial charge in [0.05, 0.1) is 34.1 Å². The number of non-ortho nitro benzene ring substituents is 1. The van der Waals surface area contributed by atoms with Crippen LogP contribution in [-0.4, -0.2) is 42.5 Å². The quantitative estimate of drug-likeness (QED) is 0.141. The normalized spacial score (nSPS) is 18.8. The molecule has 0 saturated heterocycles. The fourth-order valence-electron chi connectivity index (χ4n) is 5.61. The summed E-state index contributed by atoms with van der Waals surface area (Å²) in [7, 11) is 0. The van der Waals surface area contributed by atoms with E-state index in [0.717, 1.165) is 5.56 Å². The Bertz CT molecular complexity index is 2090. The zero-order valence-corrected chi connectivity index (χ0v) is 25.9. The van der Waals surface area contributed by atoms with Crippen molar-refractivity contribution in [2.24, 2.45) is 21.1 Å². The molecule has 46 heavy (non-hydrogen) atoms. The number of nitro groups is 1. The highest BCUT2D eigenvalue weighted by Gasteiger charge is 2.47. The van der Waals surface area contributed by atoms with Gasteiger partial charge >= 0.3 is 0 Å². The Balaban J connectivity index is 1.32. The maximum atomic E-state index is 14.3. The molecule has 3 aromatic carbocycles. The molecule has 2 atom stereocenters. The van der Waals surface area contributed by atoms with Crippen LogP contribution in [0.1, 0.15) is 35.5 Å². The van der Waals surface area contributed by atoms with E-state index in [9.17, 15) is 19.7 Å². The first-order valence-electron chi connectivity index (χ1n) is 14.1. The van der Waals surface area contributed by atoms with Gasteiger partial charge in [-0.1, -0.05) is 53.7 Å². The van der Waals surface area contributed by atoms with Gasteiger partial charge in [0, 0.05) is 22.9 Å². The molecule has 3 aliphatic heterocycles. The second-order valence-corrected chi connectivity index (χ2v) is 11.9. The van der Waals surface area contributed by atoms with Gasteiger partial charge in [-0.15, -0.1) is 0 Å². The Hall–Kier alpha value is -5.40. The van der Waals surface area contributed by atoms with Gasteiger partial charge in [0.25, 0.3) is 17.2 Å². The topological polar surface area (TPSA) is 139 Å². The summed E-state index contributed by atoms with van der Waals surface area (Å²) in [5.74, 6) is -0.368. The van der Waals surface area contributed by atoms with Crippen molar-refractivity contribution in [3.8, 4) is 0 Å². The number of para-hydroxylation sites is 1. The summed E-state index contributed by atoms with van der Waals surface area (Å²) in [5.41, 5.74) is 2.96. The van der Waals surface area contributed by atoms with E-state index in [2.05, 4.69) is 15.2 Å². The molecule has 12 nitrogen and oxygen atoms in total. The maximum absolute atomic E-state index is 14.3. The first-order chi connectivity index (χ1) is 22.2. The number of fused-ring (bicyclic) bond motifs is 2. The number of nitrogens with zero attached hydrogens (tertiary/aromatic N) is 8. The van der Waals surface area contributed by atoms with Crippen molar-refractivity contribution in [1.29, 1.82) is 0 Å². The van der Waals surface area contributed by atoms with Gasteiger partial charge in [0.15, 0.2) is 11.0 Å². The van der Waals surface area contributed by atoms with E-state index >= 15 is 0 Å². The van der Waals surface area contributed by atoms with Crippen molar-refractivity contribution in [3.63, 3.8) is 0 Å². The molecule has 0 fully saturated rings. The minimum absolute atomic E-state index is 0.0549. The summed E-state index contributed by atoms with van der Waals surface area (Å²) in [6, 6.07) is 21.5. The van der Waals surface area contributed by atoms with Crippen LogP contribution in [0.25, 0.3) is 0 Å². The second kappa shape index (κ2) is 11.5.